The van der Waals surface area contributed by atoms with E-state index in [0.29, 0.717) is 0 Å². The maximum atomic E-state index is 2.26. The Morgan fingerprint density at radius 1 is 0.333 bits per heavy atom. The SMILES string of the molecule is CCCc1ccc[c-]1CCC.CCCc1ccc[c-]1CCC.CCCc1ccc[c-]1CCC.CCCc1ccc[c-]1CCC.[Hf+4]. The van der Waals surface area contributed by atoms with Gasteiger partial charge >= 0.3 is 25.8 Å². The summed E-state index contributed by atoms with van der Waals surface area (Å²) < 4.78 is 0. The molecule has 0 heterocycles. The van der Waals surface area contributed by atoms with Crippen molar-refractivity contribution in [1.29, 1.82) is 0 Å². The van der Waals surface area contributed by atoms with Gasteiger partial charge in [-0.25, -0.2) is 48.5 Å². The van der Waals surface area contributed by atoms with Crippen molar-refractivity contribution in [2.24, 2.45) is 0 Å². The fourth-order valence-corrected chi connectivity index (χ4v) is 6.08. The fraction of sp³-hybridized carbons (Fsp3) is 0.545. The van der Waals surface area contributed by atoms with Gasteiger partial charge in [-0.2, -0.15) is 68.8 Å². The van der Waals surface area contributed by atoms with E-state index < -0.39 is 0 Å². The predicted octanol–water partition coefficient (Wildman–Crippen LogP) is 13.2. The van der Waals surface area contributed by atoms with E-state index in [1.165, 1.54) is 103 Å². The van der Waals surface area contributed by atoms with E-state index in [-0.39, 0.29) is 25.8 Å². The molecule has 45 heavy (non-hydrogen) atoms. The van der Waals surface area contributed by atoms with Crippen LogP contribution in [0.15, 0.2) is 72.8 Å². The molecular formula is C44H68Hf. The van der Waals surface area contributed by atoms with Crippen LogP contribution >= 0.6 is 0 Å². The quantitative estimate of drug-likeness (QED) is 0.0786. The summed E-state index contributed by atoms with van der Waals surface area (Å²) in [4.78, 5) is 0. The van der Waals surface area contributed by atoms with Gasteiger partial charge in [-0.1, -0.05) is 158 Å². The minimum absolute atomic E-state index is 0. The Bertz CT molecular complexity index is 892. The summed E-state index contributed by atoms with van der Waals surface area (Å²) in [5.74, 6) is 0. The third-order valence-corrected chi connectivity index (χ3v) is 8.18. The van der Waals surface area contributed by atoms with Crippen molar-refractivity contribution in [2.75, 3.05) is 0 Å². The molecule has 4 aromatic carbocycles. The van der Waals surface area contributed by atoms with Crippen LogP contribution < -0.4 is 0 Å². The van der Waals surface area contributed by atoms with Crippen LogP contribution in [0.1, 0.15) is 151 Å². The van der Waals surface area contributed by atoms with Crippen molar-refractivity contribution < 1.29 is 25.8 Å². The molecule has 0 aliphatic heterocycles. The molecule has 0 fully saturated rings. The third kappa shape index (κ3) is 17.7. The molecule has 0 nitrogen and oxygen atoms in total. The molecule has 0 saturated carbocycles. The molecule has 1 heteroatoms. The second-order valence-electron chi connectivity index (χ2n) is 12.3. The van der Waals surface area contributed by atoms with Crippen molar-refractivity contribution in [2.45, 2.75) is 158 Å². The molecule has 0 radical (unpaired) electrons. The van der Waals surface area contributed by atoms with E-state index in [1.807, 2.05) is 0 Å². The van der Waals surface area contributed by atoms with Crippen molar-refractivity contribution >= 4 is 0 Å². The average molecular weight is 776 g/mol. The van der Waals surface area contributed by atoms with Crippen LogP contribution in [0.4, 0.5) is 0 Å². The normalized spacial score (nSPS) is 10.1. The van der Waals surface area contributed by atoms with E-state index in [4.69, 9.17) is 0 Å². The van der Waals surface area contributed by atoms with Gasteiger partial charge in [-0.3, -0.25) is 0 Å². The van der Waals surface area contributed by atoms with E-state index in [2.05, 4.69) is 128 Å². The Morgan fingerprint density at radius 3 is 0.689 bits per heavy atom. The van der Waals surface area contributed by atoms with E-state index >= 15 is 0 Å². The summed E-state index contributed by atoms with van der Waals surface area (Å²) >= 11 is 0. The molecular weight excluding hydrogens is 707 g/mol. The largest absolute Gasteiger partial charge is 4.00 e. The molecule has 0 aromatic heterocycles. The van der Waals surface area contributed by atoms with E-state index in [0.717, 1.165) is 0 Å². The molecule has 0 atom stereocenters. The molecule has 0 amide bonds. The van der Waals surface area contributed by atoms with Crippen LogP contribution in [0, 0.1) is 0 Å². The van der Waals surface area contributed by atoms with Crippen LogP contribution in [0.25, 0.3) is 0 Å². The summed E-state index contributed by atoms with van der Waals surface area (Å²) in [5, 5.41) is 0. The van der Waals surface area contributed by atoms with Crippen molar-refractivity contribution in [3.05, 3.63) is 117 Å². The maximum Gasteiger partial charge on any atom is 4.00 e. The molecule has 4 aromatic rings. The van der Waals surface area contributed by atoms with Gasteiger partial charge in [-0.05, 0) is 0 Å². The first kappa shape index (κ1) is 43.3. The molecule has 0 unspecified atom stereocenters. The van der Waals surface area contributed by atoms with Gasteiger partial charge in [0.15, 0.2) is 0 Å². The second-order valence-corrected chi connectivity index (χ2v) is 12.3. The standard InChI is InChI=1S/4C11H17.Hf/c4*1-3-6-10-8-5-9-11(10)7-4-2;/h4*5,8-9H,3-4,6-7H2,1-2H3;/q4*-1;+4. The first-order valence-electron chi connectivity index (χ1n) is 18.5. The Morgan fingerprint density at radius 2 is 0.533 bits per heavy atom. The minimum Gasteiger partial charge on any atom is -0.213 e. The van der Waals surface area contributed by atoms with Crippen LogP contribution in [0.5, 0.6) is 0 Å². The maximum absolute atomic E-state index is 2.26. The monoisotopic (exact) mass is 776 g/mol. The third-order valence-electron chi connectivity index (χ3n) is 8.18. The smallest absolute Gasteiger partial charge is 0.213 e. The van der Waals surface area contributed by atoms with Gasteiger partial charge in [0.2, 0.25) is 0 Å². The Hall–Kier alpha value is -1.73. The summed E-state index contributed by atoms with van der Waals surface area (Å²) in [5.41, 5.74) is 12.5. The van der Waals surface area contributed by atoms with Gasteiger partial charge in [0.1, 0.15) is 0 Å². The molecule has 4 rings (SSSR count). The molecule has 0 N–H and O–H groups in total. The summed E-state index contributed by atoms with van der Waals surface area (Å²) in [6, 6.07) is 26.8. The van der Waals surface area contributed by atoms with Gasteiger partial charge in [-0.15, -0.1) is 0 Å². The molecule has 0 bridgehead atoms. The predicted molar refractivity (Wildman–Crippen MR) is 200 cm³/mol. The fourth-order valence-electron chi connectivity index (χ4n) is 6.08. The van der Waals surface area contributed by atoms with Gasteiger partial charge in [0.25, 0.3) is 0 Å². The van der Waals surface area contributed by atoms with E-state index in [1.54, 1.807) is 44.5 Å². The zero-order chi connectivity index (χ0) is 32.4. The number of hydrogen-bond donors (Lipinski definition) is 0. The Labute approximate surface area is 299 Å². The first-order valence-corrected chi connectivity index (χ1v) is 18.5. The van der Waals surface area contributed by atoms with Gasteiger partial charge < -0.3 is 0 Å². The zero-order valence-electron chi connectivity index (χ0n) is 30.7. The van der Waals surface area contributed by atoms with Crippen LogP contribution in [-0.4, -0.2) is 0 Å². The van der Waals surface area contributed by atoms with Crippen LogP contribution in [0.3, 0.4) is 0 Å². The van der Waals surface area contributed by atoms with E-state index in [9.17, 15) is 0 Å². The molecule has 0 spiro atoms. The molecule has 0 saturated heterocycles. The van der Waals surface area contributed by atoms with Crippen LogP contribution in [0.2, 0.25) is 0 Å². The van der Waals surface area contributed by atoms with Crippen molar-refractivity contribution in [3.63, 3.8) is 0 Å². The Balaban J connectivity index is 0.000000569. The summed E-state index contributed by atoms with van der Waals surface area (Å²) in [6.07, 6.45) is 20.1. The number of aryl methyl sites for hydroxylation is 8. The minimum atomic E-state index is 0. The molecule has 0 aliphatic rings. The molecule has 0 aliphatic carbocycles. The van der Waals surface area contributed by atoms with Gasteiger partial charge in [0.05, 0.1) is 0 Å². The van der Waals surface area contributed by atoms with Crippen molar-refractivity contribution in [3.8, 4) is 0 Å². The number of hydrogen-bond acceptors (Lipinski definition) is 0. The van der Waals surface area contributed by atoms with Crippen molar-refractivity contribution in [1.82, 2.24) is 0 Å². The zero-order valence-corrected chi connectivity index (χ0v) is 34.3. The topological polar surface area (TPSA) is 0 Å². The average Bonchev–Trinajstić information content (AvgIpc) is 3.84. The van der Waals surface area contributed by atoms with Crippen LogP contribution in [-0.2, 0) is 77.2 Å². The summed E-state index contributed by atoms with van der Waals surface area (Å²) in [7, 11) is 0. The summed E-state index contributed by atoms with van der Waals surface area (Å²) in [6.45, 7) is 17.9. The Kier molecular flexibility index (Phi) is 27.4. The first-order chi connectivity index (χ1) is 21.5. The number of rotatable bonds is 16. The molecule has 248 valence electrons. The van der Waals surface area contributed by atoms with Gasteiger partial charge in [0, 0.05) is 0 Å². The second kappa shape index (κ2) is 28.5.